The number of nitrogens with one attached hydrogen (secondary N) is 1. The number of halogens is 1. The Balaban J connectivity index is 0.00000207. The van der Waals surface area contributed by atoms with Crippen LogP contribution in [0.25, 0.3) is 0 Å². The van der Waals surface area contributed by atoms with Gasteiger partial charge in [-0.25, -0.2) is 4.39 Å². The van der Waals surface area contributed by atoms with Crippen molar-refractivity contribution in [2.75, 3.05) is 36.3 Å². The molecule has 0 bridgehead atoms. The molecule has 2 atom stereocenters. The molecule has 0 aromatic heterocycles. The molecule has 3 aromatic rings. The molecule has 1 heterocycles. The lowest BCUT2D eigenvalue weighted by Crippen LogP contribution is -2.40. The molecule has 1 aliphatic heterocycles. The predicted octanol–water partition coefficient (Wildman–Crippen LogP) is 8.90. The van der Waals surface area contributed by atoms with Crippen LogP contribution in [0, 0.1) is 12.7 Å². The van der Waals surface area contributed by atoms with E-state index < -0.39 is 0 Å². The van der Waals surface area contributed by atoms with Gasteiger partial charge in [-0.05, 0) is 90.1 Å². The molecule has 43 heavy (non-hydrogen) atoms. The van der Waals surface area contributed by atoms with Crippen LogP contribution in [0.1, 0.15) is 87.3 Å². The molecule has 1 aliphatic carbocycles. The molecule has 230 valence electrons. The smallest absolute Gasteiger partial charge is 0.228 e. The van der Waals surface area contributed by atoms with Crippen LogP contribution in [0.4, 0.5) is 15.8 Å². The summed E-state index contributed by atoms with van der Waals surface area (Å²) in [5, 5.41) is 0.177. The number of anilines is 2. The van der Waals surface area contributed by atoms with E-state index in [1.807, 2.05) is 31.9 Å². The number of hydrogen-bond donors (Lipinski definition) is 1. The molecule has 0 radical (unpaired) electrons. The van der Waals surface area contributed by atoms with Crippen molar-refractivity contribution in [3.05, 3.63) is 94.8 Å². The van der Waals surface area contributed by atoms with Gasteiger partial charge in [-0.2, -0.15) is 0 Å². The summed E-state index contributed by atoms with van der Waals surface area (Å²) < 4.78 is 17.2. The van der Waals surface area contributed by atoms with E-state index in [4.69, 9.17) is 4.99 Å². The lowest BCUT2D eigenvalue weighted by molar-refractivity contribution is -0.118. The van der Waals surface area contributed by atoms with Gasteiger partial charge in [0.05, 0.1) is 13.1 Å². The first-order valence-electron chi connectivity index (χ1n) is 15.5. The third-order valence-corrected chi connectivity index (χ3v) is 9.62. The van der Waals surface area contributed by atoms with Gasteiger partial charge in [0.15, 0.2) is 0 Å². The third kappa shape index (κ3) is 7.99. The molecule has 1 amide bonds. The summed E-state index contributed by atoms with van der Waals surface area (Å²) in [4.78, 5) is 22.8. The number of aryl methyl sites for hydroxylation is 1. The second-order valence-electron chi connectivity index (χ2n) is 12.1. The summed E-state index contributed by atoms with van der Waals surface area (Å²) in [5.74, 6) is 0.886. The van der Waals surface area contributed by atoms with Crippen molar-refractivity contribution >= 4 is 35.1 Å². The Bertz CT molecular complexity index is 1420. The SMILES string of the molecule is CC.Cc1ccc([C@@H](C)CC(=O)N(CC2=NCCN2C)c2ccc3c(c2)C(SNc2cccc(F)c2)CCC3(C)C)cc1. The maximum Gasteiger partial charge on any atom is 0.228 e. The Morgan fingerprint density at radius 2 is 1.88 bits per heavy atom. The van der Waals surface area contributed by atoms with Gasteiger partial charge in [0.2, 0.25) is 5.91 Å². The minimum Gasteiger partial charge on any atom is -0.360 e. The highest BCUT2D eigenvalue weighted by molar-refractivity contribution is 8.00. The molecular weight excluding hydrogens is 555 g/mol. The van der Waals surface area contributed by atoms with Crippen molar-refractivity contribution < 1.29 is 9.18 Å². The van der Waals surface area contributed by atoms with Gasteiger partial charge in [-0.1, -0.05) is 76.6 Å². The van der Waals surface area contributed by atoms with Crippen molar-refractivity contribution in [2.24, 2.45) is 4.99 Å². The van der Waals surface area contributed by atoms with Crippen LogP contribution >= 0.6 is 11.9 Å². The van der Waals surface area contributed by atoms with Crippen LogP contribution in [0.2, 0.25) is 0 Å². The van der Waals surface area contributed by atoms with Crippen molar-refractivity contribution in [2.45, 2.75) is 77.4 Å². The van der Waals surface area contributed by atoms with Gasteiger partial charge in [0.1, 0.15) is 11.7 Å². The Hall–Kier alpha value is -3.32. The number of nitrogens with zero attached hydrogens (tertiary/aromatic N) is 3. The van der Waals surface area contributed by atoms with Crippen molar-refractivity contribution in [3.63, 3.8) is 0 Å². The summed E-state index contributed by atoms with van der Waals surface area (Å²) in [6.07, 6.45) is 2.46. The maximum absolute atomic E-state index is 14.0. The first kappa shape index (κ1) is 32.6. The molecule has 5 nitrogen and oxygen atoms in total. The standard InChI is InChI=1S/C34H41FN4OS.C2H6/c1-23-9-11-25(12-10-23)24(2)19-33(40)39(22-32-36-17-18-38(32)5)28-13-14-30-29(21-28)31(15-16-34(30,3)4)41-37-27-8-6-7-26(35)20-27;1-2/h6-14,20-21,24,31,37H,15-19,22H2,1-5H3;1-2H3/t24-,31?;/m0./s1. The number of hydrogen-bond acceptors (Lipinski definition) is 5. The fourth-order valence-electron chi connectivity index (χ4n) is 5.80. The zero-order chi connectivity index (χ0) is 31.1. The molecule has 0 saturated heterocycles. The molecule has 5 rings (SSSR count). The van der Waals surface area contributed by atoms with Gasteiger partial charge in [-0.15, -0.1) is 0 Å². The van der Waals surface area contributed by atoms with Crippen molar-refractivity contribution in [1.82, 2.24) is 4.90 Å². The number of rotatable bonds is 9. The molecule has 2 aliphatic rings. The van der Waals surface area contributed by atoms with E-state index in [0.29, 0.717) is 13.0 Å². The molecule has 3 aromatic carbocycles. The van der Waals surface area contributed by atoms with Gasteiger partial charge in [-0.3, -0.25) is 9.79 Å². The van der Waals surface area contributed by atoms with Gasteiger partial charge in [0.25, 0.3) is 0 Å². The Kier molecular flexibility index (Phi) is 10.9. The van der Waals surface area contributed by atoms with Crippen LogP contribution in [0.5, 0.6) is 0 Å². The highest BCUT2D eigenvalue weighted by Crippen LogP contribution is 2.48. The van der Waals surface area contributed by atoms with Gasteiger partial charge in [0, 0.05) is 36.6 Å². The molecule has 0 fully saturated rings. The van der Waals surface area contributed by atoms with Crippen LogP contribution in [0.15, 0.2) is 71.7 Å². The predicted molar refractivity (Wildman–Crippen MR) is 182 cm³/mol. The molecule has 0 saturated carbocycles. The van der Waals surface area contributed by atoms with Crippen molar-refractivity contribution in [3.8, 4) is 0 Å². The fourth-order valence-corrected chi connectivity index (χ4v) is 6.76. The summed E-state index contributed by atoms with van der Waals surface area (Å²) >= 11 is 1.62. The first-order chi connectivity index (χ1) is 20.6. The van der Waals surface area contributed by atoms with E-state index in [1.54, 1.807) is 18.0 Å². The van der Waals surface area contributed by atoms with Gasteiger partial charge < -0.3 is 14.5 Å². The van der Waals surface area contributed by atoms with Crippen molar-refractivity contribution in [1.29, 1.82) is 0 Å². The summed E-state index contributed by atoms with van der Waals surface area (Å²) in [7, 11) is 2.05. The first-order valence-corrected chi connectivity index (χ1v) is 16.4. The Morgan fingerprint density at radius 3 is 2.56 bits per heavy atom. The Morgan fingerprint density at radius 1 is 1.14 bits per heavy atom. The second kappa shape index (κ2) is 14.4. The number of likely N-dealkylation sites (N-methyl/N-ethyl adjacent to an activating group) is 1. The topological polar surface area (TPSA) is 47.9 Å². The largest absolute Gasteiger partial charge is 0.360 e. The zero-order valence-corrected chi connectivity index (χ0v) is 27.6. The number of amidine groups is 1. The number of carbonyl (C=O) groups is 1. The normalized spacial score (nSPS) is 17.7. The lowest BCUT2D eigenvalue weighted by Gasteiger charge is -2.38. The molecular formula is C36H47FN4OS. The lowest BCUT2D eigenvalue weighted by atomic mass is 9.72. The zero-order valence-electron chi connectivity index (χ0n) is 26.8. The van der Waals surface area contributed by atoms with E-state index in [0.717, 1.165) is 43.1 Å². The third-order valence-electron chi connectivity index (χ3n) is 8.50. The number of carbonyl (C=O) groups excluding carboxylic acids is 1. The monoisotopic (exact) mass is 602 g/mol. The van der Waals surface area contributed by atoms with Crippen LogP contribution in [-0.4, -0.2) is 43.3 Å². The van der Waals surface area contributed by atoms with E-state index >= 15 is 0 Å². The second-order valence-corrected chi connectivity index (χ2v) is 13.1. The molecule has 0 spiro atoms. The highest BCUT2D eigenvalue weighted by Gasteiger charge is 2.34. The number of benzene rings is 3. The van der Waals surface area contributed by atoms with Crippen LogP contribution in [-0.2, 0) is 10.2 Å². The average Bonchev–Trinajstić information content (AvgIpc) is 3.40. The van der Waals surface area contributed by atoms with E-state index in [2.05, 4.69) is 79.8 Å². The molecule has 1 N–H and O–H groups in total. The molecule has 1 unspecified atom stereocenters. The number of aliphatic imine (C=N–C) groups is 1. The van der Waals surface area contributed by atoms with Gasteiger partial charge >= 0.3 is 0 Å². The fraction of sp³-hybridized carbons (Fsp3) is 0.444. The average molecular weight is 603 g/mol. The summed E-state index contributed by atoms with van der Waals surface area (Å²) in [6.45, 7) is 14.9. The number of fused-ring (bicyclic) bond motifs is 1. The minimum absolute atomic E-state index is 0.0360. The quantitative estimate of drug-likeness (QED) is 0.249. The summed E-state index contributed by atoms with van der Waals surface area (Å²) in [6, 6.07) is 21.6. The van der Waals surface area contributed by atoms with E-state index in [9.17, 15) is 9.18 Å². The van der Waals surface area contributed by atoms with E-state index in [1.165, 1.54) is 34.4 Å². The maximum atomic E-state index is 14.0. The van der Waals surface area contributed by atoms with Crippen LogP contribution < -0.4 is 9.62 Å². The Labute approximate surface area is 262 Å². The minimum atomic E-state index is -0.253. The number of amides is 1. The molecule has 7 heteroatoms. The van der Waals surface area contributed by atoms with E-state index in [-0.39, 0.29) is 28.3 Å². The summed E-state index contributed by atoms with van der Waals surface area (Å²) in [5.41, 5.74) is 6.62. The highest BCUT2D eigenvalue weighted by atomic mass is 32.2. The van der Waals surface area contributed by atoms with Crippen LogP contribution in [0.3, 0.4) is 0 Å².